The van der Waals surface area contributed by atoms with E-state index >= 15 is 0 Å². The summed E-state index contributed by atoms with van der Waals surface area (Å²) < 4.78 is 0. The zero-order chi connectivity index (χ0) is 14.8. The van der Waals surface area contributed by atoms with Crippen LogP contribution in [0.3, 0.4) is 0 Å². The Morgan fingerprint density at radius 2 is 2.00 bits per heavy atom. The van der Waals surface area contributed by atoms with E-state index in [2.05, 4.69) is 10.6 Å². The molecule has 0 bridgehead atoms. The Hall–Kier alpha value is -1.43. The molecule has 0 aromatic rings. The molecule has 3 amide bonds. The molecule has 0 atom stereocenters. The van der Waals surface area contributed by atoms with Gasteiger partial charge < -0.3 is 5.32 Å². The molecular weight excluding hydrogens is 246 g/mol. The molecule has 0 aromatic heterocycles. The molecule has 1 aliphatic heterocycles. The number of piperazine rings is 1. The summed E-state index contributed by atoms with van der Waals surface area (Å²) in [5.41, 5.74) is -1.15. The topological polar surface area (TPSA) is 78.5 Å². The lowest BCUT2D eigenvalue weighted by atomic mass is 10.00. The van der Waals surface area contributed by atoms with Crippen molar-refractivity contribution in [3.05, 3.63) is 0 Å². The van der Waals surface area contributed by atoms with Crippen LogP contribution in [0.5, 0.6) is 0 Å². The summed E-state index contributed by atoms with van der Waals surface area (Å²) in [6.45, 7) is 9.01. The van der Waals surface area contributed by atoms with Crippen LogP contribution < -0.4 is 10.6 Å². The lowest BCUT2D eigenvalue weighted by Gasteiger charge is -2.36. The maximum Gasteiger partial charge on any atom is 0.249 e. The second-order valence-corrected chi connectivity index (χ2v) is 6.05. The van der Waals surface area contributed by atoms with Crippen LogP contribution in [-0.2, 0) is 14.4 Å². The van der Waals surface area contributed by atoms with E-state index in [0.29, 0.717) is 0 Å². The molecule has 2 N–H and O–H groups in total. The highest BCUT2D eigenvalue weighted by Crippen LogP contribution is 2.13. The van der Waals surface area contributed by atoms with Gasteiger partial charge in [0.05, 0.1) is 12.1 Å². The predicted octanol–water partition coefficient (Wildman–Crippen LogP) is 0.0282. The number of rotatable bonds is 4. The molecule has 0 unspecified atom stereocenters. The van der Waals surface area contributed by atoms with Gasteiger partial charge in [-0.1, -0.05) is 6.92 Å². The summed E-state index contributed by atoms with van der Waals surface area (Å²) in [4.78, 5) is 36.8. The van der Waals surface area contributed by atoms with Gasteiger partial charge in [0.25, 0.3) is 0 Å². The van der Waals surface area contributed by atoms with Gasteiger partial charge in [0.15, 0.2) is 0 Å². The zero-order valence-corrected chi connectivity index (χ0v) is 12.3. The van der Waals surface area contributed by atoms with E-state index < -0.39 is 5.54 Å². The van der Waals surface area contributed by atoms with Gasteiger partial charge in [-0.05, 0) is 34.1 Å². The third-order valence-corrected chi connectivity index (χ3v) is 3.43. The quantitative estimate of drug-likeness (QED) is 0.706. The van der Waals surface area contributed by atoms with Crippen LogP contribution in [0.1, 0.15) is 41.0 Å². The second-order valence-electron chi connectivity index (χ2n) is 6.05. The number of carbonyl (C=O) groups is 3. The number of nitrogens with one attached hydrogen (secondary N) is 2. The monoisotopic (exact) mass is 269 g/mol. The van der Waals surface area contributed by atoms with Crippen molar-refractivity contribution >= 4 is 17.7 Å². The molecule has 1 rings (SSSR count). The molecule has 0 aromatic carbocycles. The average Bonchev–Trinajstić information content (AvgIpc) is 2.30. The maximum absolute atomic E-state index is 12.1. The maximum atomic E-state index is 12.1. The third-order valence-electron chi connectivity index (χ3n) is 3.43. The van der Waals surface area contributed by atoms with Gasteiger partial charge in [-0.3, -0.25) is 24.6 Å². The van der Waals surface area contributed by atoms with E-state index in [0.717, 1.165) is 11.3 Å². The Balaban J connectivity index is 2.72. The van der Waals surface area contributed by atoms with Crippen LogP contribution in [0.4, 0.5) is 0 Å². The Morgan fingerprint density at radius 1 is 1.42 bits per heavy atom. The Kier molecular flexibility index (Phi) is 4.35. The standard InChI is InChI=1S/C13H23N3O3/c1-6-12(2,3)15-9(17)8-16-10(18)7-14-13(4,5)11(16)19/h14H,6-8H2,1-5H3,(H,15,17). The molecule has 6 nitrogen and oxygen atoms in total. The minimum Gasteiger partial charge on any atom is -0.350 e. The van der Waals surface area contributed by atoms with E-state index in [1.807, 2.05) is 20.8 Å². The fraction of sp³-hybridized carbons (Fsp3) is 0.769. The van der Waals surface area contributed by atoms with Gasteiger partial charge >= 0.3 is 0 Å². The first-order chi connectivity index (χ1) is 8.59. The van der Waals surface area contributed by atoms with Crippen molar-refractivity contribution in [3.63, 3.8) is 0 Å². The summed E-state index contributed by atoms with van der Waals surface area (Å²) in [7, 11) is 0. The van der Waals surface area contributed by atoms with E-state index in [-0.39, 0.29) is 36.3 Å². The van der Waals surface area contributed by atoms with Crippen LogP contribution in [0.2, 0.25) is 0 Å². The van der Waals surface area contributed by atoms with E-state index in [4.69, 9.17) is 0 Å². The number of amides is 3. The smallest absolute Gasteiger partial charge is 0.249 e. The summed E-state index contributed by atoms with van der Waals surface area (Å²) in [6, 6.07) is 0. The summed E-state index contributed by atoms with van der Waals surface area (Å²) in [5, 5.41) is 5.66. The summed E-state index contributed by atoms with van der Waals surface area (Å²) in [6.07, 6.45) is 0.772. The van der Waals surface area contributed by atoms with Gasteiger partial charge in [0, 0.05) is 5.54 Å². The van der Waals surface area contributed by atoms with E-state index in [1.165, 1.54) is 0 Å². The van der Waals surface area contributed by atoms with E-state index in [1.54, 1.807) is 13.8 Å². The summed E-state index contributed by atoms with van der Waals surface area (Å²) in [5.74, 6) is -1.05. The number of hydrogen-bond donors (Lipinski definition) is 2. The van der Waals surface area contributed by atoms with Crippen molar-refractivity contribution in [1.29, 1.82) is 0 Å². The SMILES string of the molecule is CCC(C)(C)NC(=O)CN1C(=O)CNC(C)(C)C1=O. The van der Waals surface area contributed by atoms with Gasteiger partial charge in [0.2, 0.25) is 17.7 Å². The van der Waals surface area contributed by atoms with Crippen molar-refractivity contribution in [2.24, 2.45) is 0 Å². The number of hydrogen-bond acceptors (Lipinski definition) is 4. The summed E-state index contributed by atoms with van der Waals surface area (Å²) >= 11 is 0. The zero-order valence-electron chi connectivity index (χ0n) is 12.3. The molecule has 1 saturated heterocycles. The molecule has 0 saturated carbocycles. The molecule has 108 valence electrons. The molecule has 0 radical (unpaired) electrons. The highest BCUT2D eigenvalue weighted by Gasteiger charge is 2.40. The van der Waals surface area contributed by atoms with E-state index in [9.17, 15) is 14.4 Å². The molecule has 1 fully saturated rings. The van der Waals surface area contributed by atoms with Crippen molar-refractivity contribution in [2.45, 2.75) is 52.1 Å². The van der Waals surface area contributed by atoms with Crippen molar-refractivity contribution < 1.29 is 14.4 Å². The lowest BCUT2D eigenvalue weighted by Crippen LogP contribution is -2.65. The lowest BCUT2D eigenvalue weighted by molar-refractivity contribution is -0.155. The molecular formula is C13H23N3O3. The molecule has 0 spiro atoms. The first-order valence-electron chi connectivity index (χ1n) is 6.50. The van der Waals surface area contributed by atoms with Crippen molar-refractivity contribution in [1.82, 2.24) is 15.5 Å². The fourth-order valence-corrected chi connectivity index (χ4v) is 1.73. The Labute approximate surface area is 113 Å². The fourth-order valence-electron chi connectivity index (χ4n) is 1.73. The van der Waals surface area contributed by atoms with Crippen LogP contribution in [0.15, 0.2) is 0 Å². The predicted molar refractivity (Wildman–Crippen MR) is 71.3 cm³/mol. The Bertz CT molecular complexity index is 402. The molecule has 19 heavy (non-hydrogen) atoms. The first-order valence-corrected chi connectivity index (χ1v) is 6.50. The molecule has 6 heteroatoms. The van der Waals surface area contributed by atoms with Crippen LogP contribution >= 0.6 is 0 Å². The van der Waals surface area contributed by atoms with Crippen molar-refractivity contribution in [3.8, 4) is 0 Å². The van der Waals surface area contributed by atoms with Crippen LogP contribution in [0.25, 0.3) is 0 Å². The van der Waals surface area contributed by atoms with Gasteiger partial charge in [-0.25, -0.2) is 0 Å². The molecule has 1 heterocycles. The Morgan fingerprint density at radius 3 is 2.53 bits per heavy atom. The molecule has 0 aliphatic carbocycles. The average molecular weight is 269 g/mol. The minimum atomic E-state index is -0.811. The second kappa shape index (κ2) is 5.28. The normalized spacial score (nSPS) is 19.5. The number of carbonyl (C=O) groups excluding carboxylic acids is 3. The van der Waals surface area contributed by atoms with Gasteiger partial charge in [-0.15, -0.1) is 0 Å². The van der Waals surface area contributed by atoms with Crippen LogP contribution in [-0.4, -0.2) is 46.8 Å². The highest BCUT2D eigenvalue weighted by atomic mass is 16.2. The number of nitrogens with zero attached hydrogens (tertiary/aromatic N) is 1. The van der Waals surface area contributed by atoms with Crippen LogP contribution in [0, 0.1) is 0 Å². The first kappa shape index (κ1) is 15.6. The van der Waals surface area contributed by atoms with Crippen molar-refractivity contribution in [2.75, 3.05) is 13.1 Å². The largest absolute Gasteiger partial charge is 0.350 e. The molecule has 1 aliphatic rings. The van der Waals surface area contributed by atoms with Gasteiger partial charge in [0.1, 0.15) is 6.54 Å². The third kappa shape index (κ3) is 3.76. The number of imide groups is 1. The van der Waals surface area contributed by atoms with Gasteiger partial charge in [-0.2, -0.15) is 0 Å². The highest BCUT2D eigenvalue weighted by molar-refractivity contribution is 6.05. The minimum absolute atomic E-state index is 0.0726.